The van der Waals surface area contributed by atoms with E-state index in [2.05, 4.69) is 24.3 Å². The fourth-order valence-electron chi connectivity index (χ4n) is 3.10. The summed E-state index contributed by atoms with van der Waals surface area (Å²) in [6.07, 6.45) is 8.29. The molecule has 2 heteroatoms. The van der Waals surface area contributed by atoms with Gasteiger partial charge in [-0.05, 0) is 42.0 Å². The molecule has 0 aliphatic heterocycles. The first kappa shape index (κ1) is 13.2. The molecule has 0 spiro atoms. The topological polar surface area (TPSA) is 30.2 Å². The molecule has 0 amide bonds. The van der Waals surface area contributed by atoms with Gasteiger partial charge in [-0.15, -0.1) is 0 Å². The molecule has 104 valence electrons. The van der Waals surface area contributed by atoms with Crippen molar-refractivity contribution in [2.24, 2.45) is 0 Å². The van der Waals surface area contributed by atoms with Gasteiger partial charge in [0.15, 0.2) is 12.0 Å². The minimum absolute atomic E-state index is 0.402. The number of hydrogen-bond donors (Lipinski definition) is 0. The second-order valence-corrected chi connectivity index (χ2v) is 5.68. The monoisotopic (exact) mass is 268 g/mol. The van der Waals surface area contributed by atoms with Crippen molar-refractivity contribution in [1.82, 2.24) is 0 Å². The number of benzene rings is 1. The van der Waals surface area contributed by atoms with Crippen LogP contribution < -0.4 is 0 Å². The summed E-state index contributed by atoms with van der Waals surface area (Å²) in [7, 11) is 0. The van der Waals surface area contributed by atoms with Crippen LogP contribution in [0, 0.1) is 0 Å². The van der Waals surface area contributed by atoms with Crippen molar-refractivity contribution in [1.29, 1.82) is 0 Å². The van der Waals surface area contributed by atoms with Crippen molar-refractivity contribution in [3.05, 3.63) is 59.0 Å². The first-order chi connectivity index (χ1) is 9.85. The van der Waals surface area contributed by atoms with Crippen LogP contribution in [0.1, 0.15) is 65.5 Å². The van der Waals surface area contributed by atoms with E-state index in [0.717, 1.165) is 24.4 Å². The van der Waals surface area contributed by atoms with E-state index < -0.39 is 0 Å². The van der Waals surface area contributed by atoms with Crippen molar-refractivity contribution >= 4 is 6.29 Å². The van der Waals surface area contributed by atoms with E-state index in [1.54, 1.807) is 6.07 Å². The molecule has 0 atom stereocenters. The maximum Gasteiger partial charge on any atom is 0.185 e. The summed E-state index contributed by atoms with van der Waals surface area (Å²) >= 11 is 0. The third-order valence-electron chi connectivity index (χ3n) is 4.23. The molecule has 0 radical (unpaired) electrons. The second kappa shape index (κ2) is 6.08. The van der Waals surface area contributed by atoms with Crippen molar-refractivity contribution in [2.75, 3.05) is 0 Å². The smallest absolute Gasteiger partial charge is 0.185 e. The lowest BCUT2D eigenvalue weighted by atomic mass is 9.84. The van der Waals surface area contributed by atoms with Crippen LogP contribution in [0.2, 0.25) is 0 Å². The summed E-state index contributed by atoms with van der Waals surface area (Å²) in [5.74, 6) is 2.00. The zero-order valence-corrected chi connectivity index (χ0v) is 11.7. The van der Waals surface area contributed by atoms with E-state index in [9.17, 15) is 4.79 Å². The molecule has 1 aromatic heterocycles. The van der Waals surface area contributed by atoms with Crippen LogP contribution in [0.5, 0.6) is 0 Å². The summed E-state index contributed by atoms with van der Waals surface area (Å²) in [6, 6.07) is 12.5. The number of aldehydes is 1. The minimum atomic E-state index is 0.402. The molecular formula is C18H20O2. The fraction of sp³-hybridized carbons (Fsp3) is 0.389. The van der Waals surface area contributed by atoms with Crippen LogP contribution in [0.3, 0.4) is 0 Å². The van der Waals surface area contributed by atoms with E-state index in [0.29, 0.717) is 5.76 Å². The maximum atomic E-state index is 10.6. The minimum Gasteiger partial charge on any atom is -0.458 e. The molecule has 1 heterocycles. The molecular weight excluding hydrogens is 248 g/mol. The second-order valence-electron chi connectivity index (χ2n) is 5.68. The SMILES string of the molecule is O=Cc1ccc(Cc2ccc(C3CCCCC3)cc2)o1. The molecule has 0 saturated heterocycles. The van der Waals surface area contributed by atoms with E-state index in [1.807, 2.05) is 6.07 Å². The molecule has 1 aromatic carbocycles. The highest BCUT2D eigenvalue weighted by Crippen LogP contribution is 2.32. The third kappa shape index (κ3) is 3.01. The Kier molecular flexibility index (Phi) is 4.00. The van der Waals surface area contributed by atoms with Gasteiger partial charge in [-0.3, -0.25) is 4.79 Å². The van der Waals surface area contributed by atoms with Crippen LogP contribution in [0.15, 0.2) is 40.8 Å². The Labute approximate surface area is 119 Å². The molecule has 1 fully saturated rings. The highest BCUT2D eigenvalue weighted by Gasteiger charge is 2.15. The summed E-state index contributed by atoms with van der Waals surface area (Å²) in [6.45, 7) is 0. The number of hydrogen-bond acceptors (Lipinski definition) is 2. The molecule has 1 aliphatic rings. The van der Waals surface area contributed by atoms with Gasteiger partial charge in [0.1, 0.15) is 5.76 Å². The highest BCUT2D eigenvalue weighted by molar-refractivity contribution is 5.70. The van der Waals surface area contributed by atoms with Gasteiger partial charge < -0.3 is 4.42 Å². The Morgan fingerprint density at radius 1 is 1.00 bits per heavy atom. The average Bonchev–Trinajstić information content (AvgIpc) is 2.97. The molecule has 2 aromatic rings. The van der Waals surface area contributed by atoms with E-state index in [1.165, 1.54) is 43.2 Å². The summed E-state index contributed by atoms with van der Waals surface area (Å²) in [5.41, 5.74) is 2.71. The van der Waals surface area contributed by atoms with Crippen LogP contribution in [0.25, 0.3) is 0 Å². The Balaban J connectivity index is 1.67. The first-order valence-electron chi connectivity index (χ1n) is 7.48. The molecule has 2 nitrogen and oxygen atoms in total. The van der Waals surface area contributed by atoms with Gasteiger partial charge in [0.2, 0.25) is 0 Å². The van der Waals surface area contributed by atoms with Gasteiger partial charge in [-0.25, -0.2) is 0 Å². The van der Waals surface area contributed by atoms with Crippen molar-refractivity contribution in [2.45, 2.75) is 44.4 Å². The summed E-state index contributed by atoms with van der Waals surface area (Å²) in [4.78, 5) is 10.6. The molecule has 0 N–H and O–H groups in total. The fourth-order valence-corrected chi connectivity index (χ4v) is 3.10. The van der Waals surface area contributed by atoms with Crippen LogP contribution in [-0.2, 0) is 6.42 Å². The number of rotatable bonds is 4. The summed E-state index contributed by atoms with van der Waals surface area (Å²) in [5, 5.41) is 0. The van der Waals surface area contributed by atoms with E-state index >= 15 is 0 Å². The Bertz CT molecular complexity index is 559. The predicted molar refractivity (Wildman–Crippen MR) is 79.2 cm³/mol. The first-order valence-corrected chi connectivity index (χ1v) is 7.48. The molecule has 3 rings (SSSR count). The van der Waals surface area contributed by atoms with Gasteiger partial charge in [-0.1, -0.05) is 43.5 Å². The number of carbonyl (C=O) groups is 1. The predicted octanol–water partition coefficient (Wildman–Crippen LogP) is 4.73. The lowest BCUT2D eigenvalue weighted by Gasteiger charge is -2.22. The van der Waals surface area contributed by atoms with Gasteiger partial charge in [-0.2, -0.15) is 0 Å². The van der Waals surface area contributed by atoms with Crippen molar-refractivity contribution in [3.63, 3.8) is 0 Å². The van der Waals surface area contributed by atoms with Gasteiger partial charge in [0.25, 0.3) is 0 Å². The Morgan fingerprint density at radius 3 is 2.40 bits per heavy atom. The third-order valence-corrected chi connectivity index (χ3v) is 4.23. The van der Waals surface area contributed by atoms with Gasteiger partial charge >= 0.3 is 0 Å². The largest absolute Gasteiger partial charge is 0.458 e. The Hall–Kier alpha value is -1.83. The molecule has 0 bridgehead atoms. The van der Waals surface area contributed by atoms with E-state index in [-0.39, 0.29) is 0 Å². The van der Waals surface area contributed by atoms with Gasteiger partial charge in [0, 0.05) is 6.42 Å². The molecule has 1 aliphatic carbocycles. The lowest BCUT2D eigenvalue weighted by Crippen LogP contribution is -2.04. The normalized spacial score (nSPS) is 16.2. The quantitative estimate of drug-likeness (QED) is 0.750. The molecule has 0 unspecified atom stereocenters. The zero-order chi connectivity index (χ0) is 13.8. The Morgan fingerprint density at radius 2 is 1.75 bits per heavy atom. The number of furan rings is 1. The average molecular weight is 268 g/mol. The highest BCUT2D eigenvalue weighted by atomic mass is 16.3. The van der Waals surface area contributed by atoms with Crippen LogP contribution in [-0.4, -0.2) is 6.29 Å². The van der Waals surface area contributed by atoms with Gasteiger partial charge in [0.05, 0.1) is 0 Å². The number of carbonyl (C=O) groups excluding carboxylic acids is 1. The molecule has 20 heavy (non-hydrogen) atoms. The molecule has 1 saturated carbocycles. The van der Waals surface area contributed by atoms with Crippen LogP contribution in [0.4, 0.5) is 0 Å². The standard InChI is InChI=1S/C18H20O2/c19-13-18-11-10-17(20-18)12-14-6-8-16(9-7-14)15-4-2-1-3-5-15/h6-11,13,15H,1-5,12H2. The maximum absolute atomic E-state index is 10.6. The van der Waals surface area contributed by atoms with E-state index in [4.69, 9.17) is 4.42 Å². The zero-order valence-electron chi connectivity index (χ0n) is 11.7. The van der Waals surface area contributed by atoms with Crippen LogP contribution >= 0.6 is 0 Å². The summed E-state index contributed by atoms with van der Waals surface area (Å²) < 4.78 is 5.42. The van der Waals surface area contributed by atoms with Crippen molar-refractivity contribution < 1.29 is 9.21 Å². The van der Waals surface area contributed by atoms with Crippen molar-refractivity contribution in [3.8, 4) is 0 Å². The lowest BCUT2D eigenvalue weighted by molar-refractivity contribution is 0.109.